The van der Waals surface area contributed by atoms with Gasteiger partial charge < -0.3 is 14.8 Å². The van der Waals surface area contributed by atoms with Crippen LogP contribution in [0, 0.1) is 0 Å². The van der Waals surface area contributed by atoms with Crippen LogP contribution >= 0.6 is 11.3 Å². The third-order valence-electron chi connectivity index (χ3n) is 5.39. The Morgan fingerprint density at radius 3 is 2.79 bits per heavy atom. The van der Waals surface area contributed by atoms with Gasteiger partial charge >= 0.3 is 6.09 Å². The van der Waals surface area contributed by atoms with Crippen molar-refractivity contribution in [3.63, 3.8) is 0 Å². The molecule has 2 aromatic rings. The van der Waals surface area contributed by atoms with E-state index in [0.717, 1.165) is 43.7 Å². The van der Waals surface area contributed by atoms with Crippen LogP contribution in [0.25, 0.3) is 0 Å². The predicted molar refractivity (Wildman–Crippen MR) is 110 cm³/mol. The molecule has 1 N–H and O–H groups in total. The van der Waals surface area contributed by atoms with Crippen LogP contribution in [0.15, 0.2) is 35.7 Å². The topological polar surface area (TPSA) is 80.8 Å². The molecule has 2 saturated heterocycles. The number of thiazole rings is 1. The zero-order valence-electron chi connectivity index (χ0n) is 16.2. The van der Waals surface area contributed by atoms with Gasteiger partial charge in [0.2, 0.25) is 5.91 Å². The van der Waals surface area contributed by atoms with Crippen molar-refractivity contribution in [2.45, 2.75) is 44.2 Å². The molecule has 2 fully saturated rings. The third-order valence-corrected chi connectivity index (χ3v) is 6.16. The van der Waals surface area contributed by atoms with Crippen molar-refractivity contribution >= 4 is 28.5 Å². The number of benzene rings is 1. The normalized spacial score (nSPS) is 19.9. The number of carbonyl (C=O) groups is 2. The summed E-state index contributed by atoms with van der Waals surface area (Å²) in [7, 11) is 0. The molecule has 0 bridgehead atoms. The Morgan fingerprint density at radius 2 is 2.00 bits per heavy atom. The summed E-state index contributed by atoms with van der Waals surface area (Å²) in [4.78, 5) is 31.4. The van der Waals surface area contributed by atoms with Gasteiger partial charge in [-0.2, -0.15) is 0 Å². The van der Waals surface area contributed by atoms with Gasteiger partial charge in [-0.05, 0) is 31.2 Å². The Bertz CT molecular complexity index is 835. The quantitative estimate of drug-likeness (QED) is 0.804. The van der Waals surface area contributed by atoms with Crippen LogP contribution in [0.5, 0.6) is 0 Å². The summed E-state index contributed by atoms with van der Waals surface area (Å²) in [6.07, 6.45) is 2.88. The van der Waals surface area contributed by atoms with Crippen LogP contribution in [-0.2, 0) is 20.9 Å². The van der Waals surface area contributed by atoms with E-state index in [-0.39, 0.29) is 12.5 Å². The Balaban J connectivity index is 1.32. The minimum atomic E-state index is -0.520. The molecule has 1 atom stereocenters. The molecule has 154 valence electrons. The lowest BCUT2D eigenvalue weighted by atomic mass is 9.98. The van der Waals surface area contributed by atoms with Gasteiger partial charge in [0.15, 0.2) is 5.13 Å². The summed E-state index contributed by atoms with van der Waals surface area (Å²) in [6, 6.07) is 9.00. The average Bonchev–Trinajstić information content (AvgIpc) is 3.43. The van der Waals surface area contributed by atoms with Crippen LogP contribution in [0.1, 0.15) is 42.9 Å². The smallest absolute Gasteiger partial charge is 0.410 e. The predicted octanol–water partition coefficient (Wildman–Crippen LogP) is 3.78. The number of aromatic nitrogens is 1. The number of nitrogens with zero attached hydrogens (tertiary/aromatic N) is 2. The fourth-order valence-corrected chi connectivity index (χ4v) is 4.57. The first-order chi connectivity index (χ1) is 14.2. The first-order valence-corrected chi connectivity index (χ1v) is 10.9. The molecule has 3 heterocycles. The number of ether oxygens (including phenoxy) is 2. The van der Waals surface area contributed by atoms with Crippen molar-refractivity contribution in [3.05, 3.63) is 47.0 Å². The van der Waals surface area contributed by atoms with Gasteiger partial charge in [0.1, 0.15) is 12.6 Å². The van der Waals surface area contributed by atoms with Crippen LogP contribution in [-0.4, -0.2) is 47.7 Å². The highest BCUT2D eigenvalue weighted by molar-refractivity contribution is 7.13. The molecule has 8 heteroatoms. The summed E-state index contributed by atoms with van der Waals surface area (Å²) >= 11 is 1.43. The number of likely N-dealkylation sites (tertiary alicyclic amines) is 1. The first-order valence-electron chi connectivity index (χ1n) is 10.0. The van der Waals surface area contributed by atoms with Crippen molar-refractivity contribution in [2.24, 2.45) is 0 Å². The fraction of sp³-hybridized carbons (Fsp3) is 0.476. The van der Waals surface area contributed by atoms with E-state index in [1.165, 1.54) is 16.2 Å². The maximum Gasteiger partial charge on any atom is 0.410 e. The maximum absolute atomic E-state index is 12.8. The van der Waals surface area contributed by atoms with E-state index in [1.807, 2.05) is 35.7 Å². The van der Waals surface area contributed by atoms with Gasteiger partial charge in [-0.1, -0.05) is 30.3 Å². The highest BCUT2D eigenvalue weighted by atomic mass is 32.1. The molecule has 2 aliphatic heterocycles. The second-order valence-electron chi connectivity index (χ2n) is 7.35. The zero-order valence-corrected chi connectivity index (χ0v) is 17.0. The zero-order chi connectivity index (χ0) is 20.1. The van der Waals surface area contributed by atoms with Crippen LogP contribution in [0.4, 0.5) is 9.93 Å². The molecule has 1 aromatic carbocycles. The molecule has 2 amide bonds. The lowest BCUT2D eigenvalue weighted by molar-refractivity contribution is -0.120. The van der Waals surface area contributed by atoms with Crippen LogP contribution in [0.2, 0.25) is 0 Å². The number of hydrogen-bond donors (Lipinski definition) is 1. The molecular formula is C21H25N3O4S. The van der Waals surface area contributed by atoms with E-state index >= 15 is 0 Å². The molecule has 0 radical (unpaired) electrons. The monoisotopic (exact) mass is 415 g/mol. The maximum atomic E-state index is 12.8. The Labute approximate surface area is 174 Å². The van der Waals surface area contributed by atoms with Gasteiger partial charge in [0, 0.05) is 31.1 Å². The molecule has 1 aromatic heterocycles. The molecule has 0 aliphatic carbocycles. The summed E-state index contributed by atoms with van der Waals surface area (Å²) in [5.41, 5.74) is 1.93. The van der Waals surface area contributed by atoms with Gasteiger partial charge in [-0.15, -0.1) is 11.3 Å². The molecule has 0 unspecified atom stereocenters. The molecule has 29 heavy (non-hydrogen) atoms. The Kier molecular flexibility index (Phi) is 6.41. The van der Waals surface area contributed by atoms with E-state index in [2.05, 4.69) is 10.3 Å². The van der Waals surface area contributed by atoms with E-state index < -0.39 is 12.1 Å². The van der Waals surface area contributed by atoms with Crippen molar-refractivity contribution in [3.8, 4) is 0 Å². The number of anilines is 1. The molecule has 0 spiro atoms. The van der Waals surface area contributed by atoms with Crippen molar-refractivity contribution in [1.82, 2.24) is 9.88 Å². The van der Waals surface area contributed by atoms with Gasteiger partial charge in [0.25, 0.3) is 0 Å². The van der Waals surface area contributed by atoms with Crippen molar-refractivity contribution in [1.29, 1.82) is 0 Å². The van der Waals surface area contributed by atoms with Crippen LogP contribution in [0.3, 0.4) is 0 Å². The summed E-state index contributed by atoms with van der Waals surface area (Å²) in [5.74, 6) is 0.189. The second kappa shape index (κ2) is 9.37. The largest absolute Gasteiger partial charge is 0.445 e. The minimum absolute atomic E-state index is 0.200. The number of carbonyl (C=O) groups excluding carboxylic acids is 2. The molecular weight excluding hydrogens is 390 g/mol. The number of amides is 2. The standard InChI is InChI=1S/C21H25N3O4S/c25-19(23-20-22-17(14-29-20)16-8-11-27-12-9-16)18-7-4-10-24(18)21(26)28-13-15-5-2-1-3-6-15/h1-3,5-6,14,16,18H,4,7-13H2,(H,22,23,25)/t18-/m0/s1. The number of nitrogens with one attached hydrogen (secondary N) is 1. The average molecular weight is 416 g/mol. The third kappa shape index (κ3) is 4.94. The van der Waals surface area contributed by atoms with Gasteiger partial charge in [-0.3, -0.25) is 9.69 Å². The highest BCUT2D eigenvalue weighted by Gasteiger charge is 2.35. The second-order valence-corrected chi connectivity index (χ2v) is 8.20. The first kappa shape index (κ1) is 19.8. The minimum Gasteiger partial charge on any atom is -0.445 e. The lowest BCUT2D eigenvalue weighted by Crippen LogP contribution is -2.43. The van der Waals surface area contributed by atoms with Crippen molar-refractivity contribution in [2.75, 3.05) is 25.1 Å². The van der Waals surface area contributed by atoms with Gasteiger partial charge in [0.05, 0.1) is 5.69 Å². The van der Waals surface area contributed by atoms with E-state index in [0.29, 0.717) is 24.0 Å². The fourth-order valence-electron chi connectivity index (χ4n) is 3.77. The highest BCUT2D eigenvalue weighted by Crippen LogP contribution is 2.30. The Hall–Kier alpha value is -2.45. The summed E-state index contributed by atoms with van der Waals surface area (Å²) < 4.78 is 10.8. The summed E-state index contributed by atoms with van der Waals surface area (Å²) in [5, 5.41) is 5.48. The summed E-state index contributed by atoms with van der Waals surface area (Å²) in [6.45, 7) is 2.24. The Morgan fingerprint density at radius 1 is 1.21 bits per heavy atom. The van der Waals surface area contributed by atoms with Crippen molar-refractivity contribution < 1.29 is 19.1 Å². The lowest BCUT2D eigenvalue weighted by Gasteiger charge is -2.23. The number of hydrogen-bond acceptors (Lipinski definition) is 6. The SMILES string of the molecule is O=C(Nc1nc(C2CCOCC2)cs1)[C@@H]1CCCN1C(=O)OCc1ccccc1. The van der Waals surface area contributed by atoms with E-state index in [9.17, 15) is 9.59 Å². The molecule has 0 saturated carbocycles. The molecule has 7 nitrogen and oxygen atoms in total. The molecule has 4 rings (SSSR count). The van der Waals surface area contributed by atoms with E-state index in [4.69, 9.17) is 9.47 Å². The number of rotatable bonds is 5. The van der Waals surface area contributed by atoms with Crippen LogP contribution < -0.4 is 5.32 Å². The van der Waals surface area contributed by atoms with Gasteiger partial charge in [-0.25, -0.2) is 9.78 Å². The molecule has 2 aliphatic rings. The van der Waals surface area contributed by atoms with E-state index in [1.54, 1.807) is 0 Å².